The molecule has 0 aromatic rings. The smallest absolute Gasteiger partial charge is 0.305 e. The lowest BCUT2D eigenvalue weighted by molar-refractivity contribution is -0.146. The van der Waals surface area contributed by atoms with Crippen molar-refractivity contribution < 1.29 is 23.9 Å². The lowest BCUT2D eigenvalue weighted by atomic mass is 9.96. The molecule has 0 N–H and O–H groups in total. The van der Waals surface area contributed by atoms with Gasteiger partial charge in [0.25, 0.3) is 0 Å². The highest BCUT2D eigenvalue weighted by atomic mass is 16.5. The third-order valence-electron chi connectivity index (χ3n) is 14.4. The molecule has 66 heavy (non-hydrogen) atoms. The van der Waals surface area contributed by atoms with Crippen molar-refractivity contribution in [1.29, 1.82) is 0 Å². The SMILES string of the molecule is CC/C=C/CCC(CCCC)COC(=O)CCCCCCCC[C@@H](CCCCCCCCC(=O)OCC(CCCC)CCCCCC)N(CCCN1CCCC1)C(=O)CCCCCCCC. The van der Waals surface area contributed by atoms with Crippen LogP contribution in [0.3, 0.4) is 0 Å². The predicted octanol–water partition coefficient (Wildman–Crippen LogP) is 17.1. The first kappa shape index (κ1) is 62.1. The quantitative estimate of drug-likeness (QED) is 0.0344. The van der Waals surface area contributed by atoms with Gasteiger partial charge < -0.3 is 19.3 Å². The summed E-state index contributed by atoms with van der Waals surface area (Å²) in [7, 11) is 0. The maximum atomic E-state index is 14.1. The number of amides is 1. The van der Waals surface area contributed by atoms with Crippen molar-refractivity contribution in [3.63, 3.8) is 0 Å². The van der Waals surface area contributed by atoms with Crippen LogP contribution in [0.5, 0.6) is 0 Å². The number of esters is 2. The Morgan fingerprint density at radius 2 is 0.894 bits per heavy atom. The monoisotopic (exact) mass is 929 g/mol. The van der Waals surface area contributed by atoms with Crippen LogP contribution < -0.4 is 0 Å². The van der Waals surface area contributed by atoms with E-state index in [0.29, 0.717) is 56.3 Å². The Morgan fingerprint density at radius 1 is 0.470 bits per heavy atom. The van der Waals surface area contributed by atoms with Gasteiger partial charge in [0, 0.05) is 31.8 Å². The minimum absolute atomic E-state index is 0.00347. The lowest BCUT2D eigenvalue weighted by Crippen LogP contribution is -2.42. The van der Waals surface area contributed by atoms with Crippen LogP contribution in [0, 0.1) is 11.8 Å². The van der Waals surface area contributed by atoms with Crippen LogP contribution in [0.2, 0.25) is 0 Å². The maximum absolute atomic E-state index is 14.1. The summed E-state index contributed by atoms with van der Waals surface area (Å²) in [5.41, 5.74) is 0. The highest BCUT2D eigenvalue weighted by molar-refractivity contribution is 5.76. The van der Waals surface area contributed by atoms with Crippen LogP contribution in [0.1, 0.15) is 291 Å². The lowest BCUT2D eigenvalue weighted by Gasteiger charge is -2.33. The summed E-state index contributed by atoms with van der Waals surface area (Å²) in [5.74, 6) is 1.37. The van der Waals surface area contributed by atoms with Crippen LogP contribution in [0.15, 0.2) is 12.2 Å². The third-order valence-corrected chi connectivity index (χ3v) is 14.4. The molecule has 1 fully saturated rings. The number of unbranched alkanes of at least 4 members (excludes halogenated alkanes) is 20. The van der Waals surface area contributed by atoms with Gasteiger partial charge in [-0.2, -0.15) is 0 Å². The van der Waals surface area contributed by atoms with Gasteiger partial charge in [0.15, 0.2) is 0 Å². The predicted molar refractivity (Wildman–Crippen MR) is 283 cm³/mol. The Labute approximate surface area is 410 Å². The molecule has 1 amide bonds. The van der Waals surface area contributed by atoms with Gasteiger partial charge in [-0.05, 0) is 121 Å². The fourth-order valence-corrected chi connectivity index (χ4v) is 10.0. The second-order valence-corrected chi connectivity index (χ2v) is 20.7. The summed E-state index contributed by atoms with van der Waals surface area (Å²) >= 11 is 0. The van der Waals surface area contributed by atoms with Crippen LogP contribution >= 0.6 is 0 Å². The third kappa shape index (κ3) is 37.1. The van der Waals surface area contributed by atoms with E-state index in [1.807, 2.05) is 0 Å². The molecule has 0 bridgehead atoms. The minimum atomic E-state index is -0.0199. The molecule has 1 rings (SSSR count). The molecule has 0 aliphatic carbocycles. The largest absolute Gasteiger partial charge is 0.465 e. The van der Waals surface area contributed by atoms with Gasteiger partial charge in [-0.1, -0.05) is 194 Å². The van der Waals surface area contributed by atoms with E-state index < -0.39 is 0 Å². The molecule has 0 saturated carbocycles. The Bertz CT molecular complexity index is 1120. The number of nitrogens with zero attached hydrogens (tertiary/aromatic N) is 2. The average Bonchev–Trinajstić information content (AvgIpc) is 3.85. The Balaban J connectivity index is 2.63. The van der Waals surface area contributed by atoms with E-state index in [-0.39, 0.29) is 11.9 Å². The molecule has 7 nitrogen and oxygen atoms in total. The summed E-state index contributed by atoms with van der Waals surface area (Å²) in [6.07, 6.45) is 49.7. The molecular weight excluding hydrogens is 817 g/mol. The number of allylic oxidation sites excluding steroid dienone is 2. The molecular formula is C59H112N2O5. The number of likely N-dealkylation sites (tertiary alicyclic amines) is 1. The molecule has 1 aliphatic heterocycles. The van der Waals surface area contributed by atoms with Gasteiger partial charge in [-0.3, -0.25) is 14.4 Å². The Morgan fingerprint density at radius 3 is 1.41 bits per heavy atom. The molecule has 7 heteroatoms. The van der Waals surface area contributed by atoms with E-state index >= 15 is 0 Å². The van der Waals surface area contributed by atoms with E-state index in [9.17, 15) is 14.4 Å². The van der Waals surface area contributed by atoms with Crippen molar-refractivity contribution in [2.45, 2.75) is 297 Å². The molecule has 0 spiro atoms. The van der Waals surface area contributed by atoms with Crippen molar-refractivity contribution in [2.24, 2.45) is 11.8 Å². The summed E-state index contributed by atoms with van der Waals surface area (Å²) in [5, 5.41) is 0. The second-order valence-electron chi connectivity index (χ2n) is 20.7. The molecule has 1 saturated heterocycles. The van der Waals surface area contributed by atoms with Crippen molar-refractivity contribution in [2.75, 3.05) is 39.4 Å². The first-order valence-corrected chi connectivity index (χ1v) is 29.4. The summed E-state index contributed by atoms with van der Waals surface area (Å²) in [6, 6.07) is 0.331. The zero-order valence-electron chi connectivity index (χ0n) is 44.8. The van der Waals surface area contributed by atoms with Crippen molar-refractivity contribution >= 4 is 17.8 Å². The van der Waals surface area contributed by atoms with E-state index in [0.717, 1.165) is 96.6 Å². The van der Waals surface area contributed by atoms with E-state index in [2.05, 4.69) is 56.6 Å². The van der Waals surface area contributed by atoms with Crippen LogP contribution in [0.25, 0.3) is 0 Å². The van der Waals surface area contributed by atoms with Crippen LogP contribution in [-0.4, -0.2) is 73.1 Å². The van der Waals surface area contributed by atoms with Gasteiger partial charge in [-0.15, -0.1) is 0 Å². The zero-order valence-corrected chi connectivity index (χ0v) is 44.8. The van der Waals surface area contributed by atoms with Crippen molar-refractivity contribution in [3.8, 4) is 0 Å². The molecule has 2 unspecified atom stereocenters. The van der Waals surface area contributed by atoms with Gasteiger partial charge in [-0.25, -0.2) is 0 Å². The van der Waals surface area contributed by atoms with Crippen molar-refractivity contribution in [1.82, 2.24) is 9.80 Å². The molecule has 1 aliphatic rings. The zero-order chi connectivity index (χ0) is 48.0. The fourth-order valence-electron chi connectivity index (χ4n) is 10.0. The first-order chi connectivity index (χ1) is 32.4. The number of ether oxygens (including phenoxy) is 2. The Kier molecular flexibility index (Phi) is 44.1. The summed E-state index contributed by atoms with van der Waals surface area (Å²) < 4.78 is 11.6. The van der Waals surface area contributed by atoms with E-state index in [4.69, 9.17) is 9.47 Å². The molecule has 388 valence electrons. The number of hydrogen-bond donors (Lipinski definition) is 0. The van der Waals surface area contributed by atoms with Gasteiger partial charge >= 0.3 is 11.9 Å². The van der Waals surface area contributed by atoms with Crippen LogP contribution in [0.4, 0.5) is 0 Å². The van der Waals surface area contributed by atoms with Gasteiger partial charge in [0.05, 0.1) is 13.2 Å². The highest BCUT2D eigenvalue weighted by Gasteiger charge is 2.24. The first-order valence-electron chi connectivity index (χ1n) is 29.4. The summed E-state index contributed by atoms with van der Waals surface area (Å²) in [4.78, 5) is 44.3. The molecule has 0 radical (unpaired) electrons. The highest BCUT2D eigenvalue weighted by Crippen LogP contribution is 2.23. The minimum Gasteiger partial charge on any atom is -0.465 e. The van der Waals surface area contributed by atoms with E-state index in [1.54, 1.807) is 0 Å². The second kappa shape index (κ2) is 46.8. The molecule has 1 heterocycles. The van der Waals surface area contributed by atoms with Crippen LogP contribution in [-0.2, 0) is 23.9 Å². The fraction of sp³-hybridized carbons (Fsp3) is 0.915. The number of rotatable bonds is 49. The van der Waals surface area contributed by atoms with Gasteiger partial charge in [0.1, 0.15) is 0 Å². The Hall–Kier alpha value is -1.89. The molecule has 0 aromatic heterocycles. The standard InChI is InChI=1S/C59H112N2O5/c1-6-11-16-19-26-33-45-57(62)61(51-38-50-60-48-36-37-49-60)56(43-31-24-20-22-27-34-46-58(63)65-52-54(39-14-9-4)41-29-17-12-7-2)44-32-25-21-23-28-35-47-59(64)66-53-55(40-15-10-5)42-30-18-13-8-3/h12,17,54-56H,6-11,13-16,18-53H2,1-5H3/b17-12+/t54?,55?,56-/m0/s1. The van der Waals surface area contributed by atoms with E-state index in [1.165, 1.54) is 167 Å². The topological polar surface area (TPSA) is 76.2 Å². The van der Waals surface area contributed by atoms with Gasteiger partial charge in [0.2, 0.25) is 5.91 Å². The molecule has 3 atom stereocenters. The average molecular weight is 930 g/mol. The molecule has 0 aromatic carbocycles. The van der Waals surface area contributed by atoms with Crippen molar-refractivity contribution in [3.05, 3.63) is 12.2 Å². The number of carbonyl (C=O) groups excluding carboxylic acids is 3. The number of carbonyl (C=O) groups is 3. The number of hydrogen-bond acceptors (Lipinski definition) is 6. The normalized spacial score (nSPS) is 14.5. The maximum Gasteiger partial charge on any atom is 0.305 e. The summed E-state index contributed by atoms with van der Waals surface area (Å²) in [6.45, 7) is 16.8.